The highest BCUT2D eigenvalue weighted by Crippen LogP contribution is 2.29. The molecular formula is C10H18BrN3. The van der Waals surface area contributed by atoms with Crippen molar-refractivity contribution in [2.24, 2.45) is 12.8 Å². The van der Waals surface area contributed by atoms with Crippen molar-refractivity contribution in [1.82, 2.24) is 9.55 Å². The normalized spacial score (nSPS) is 12.1. The van der Waals surface area contributed by atoms with Crippen LogP contribution in [0.2, 0.25) is 0 Å². The number of nitrogens with zero attached hydrogens (tertiary/aromatic N) is 2. The first-order chi connectivity index (χ1) is 6.38. The van der Waals surface area contributed by atoms with Crippen molar-refractivity contribution in [2.45, 2.75) is 32.6 Å². The minimum atomic E-state index is 0.105. The van der Waals surface area contributed by atoms with E-state index in [1.807, 2.05) is 7.05 Å². The Labute approximate surface area is 93.8 Å². The molecule has 1 heterocycles. The molecule has 0 aliphatic rings. The third-order valence-electron chi connectivity index (χ3n) is 2.22. The van der Waals surface area contributed by atoms with Gasteiger partial charge in [0, 0.05) is 18.9 Å². The first-order valence-electron chi connectivity index (χ1n) is 4.79. The summed E-state index contributed by atoms with van der Waals surface area (Å²) in [6, 6.07) is 0. The van der Waals surface area contributed by atoms with Crippen molar-refractivity contribution in [1.29, 1.82) is 0 Å². The fraction of sp³-hybridized carbons (Fsp3) is 0.700. The summed E-state index contributed by atoms with van der Waals surface area (Å²) in [5.74, 6) is 1.05. The van der Waals surface area contributed by atoms with Gasteiger partial charge in [-0.05, 0) is 22.5 Å². The second kappa shape index (κ2) is 4.03. The molecule has 0 amide bonds. The lowest BCUT2D eigenvalue weighted by Crippen LogP contribution is -2.18. The number of rotatable bonds is 2. The zero-order valence-corrected chi connectivity index (χ0v) is 10.8. The molecule has 0 bridgehead atoms. The molecule has 0 saturated carbocycles. The minimum absolute atomic E-state index is 0.105. The van der Waals surface area contributed by atoms with Crippen LogP contribution in [0.3, 0.4) is 0 Å². The summed E-state index contributed by atoms with van der Waals surface area (Å²) in [4.78, 5) is 4.47. The van der Waals surface area contributed by atoms with Crippen LogP contribution in [-0.4, -0.2) is 16.1 Å². The van der Waals surface area contributed by atoms with Crippen LogP contribution in [-0.2, 0) is 18.9 Å². The lowest BCUT2D eigenvalue weighted by Gasteiger charge is -2.20. The molecule has 1 aromatic heterocycles. The van der Waals surface area contributed by atoms with Crippen LogP contribution < -0.4 is 5.73 Å². The van der Waals surface area contributed by atoms with Crippen LogP contribution in [0, 0.1) is 0 Å². The molecule has 1 aromatic rings. The van der Waals surface area contributed by atoms with Crippen LogP contribution in [0.5, 0.6) is 0 Å². The average molecular weight is 260 g/mol. The highest BCUT2D eigenvalue weighted by Gasteiger charge is 2.23. The minimum Gasteiger partial charge on any atom is -0.334 e. The summed E-state index contributed by atoms with van der Waals surface area (Å²) in [7, 11) is 2.04. The molecular weight excluding hydrogens is 242 g/mol. The lowest BCUT2D eigenvalue weighted by atomic mass is 9.93. The monoisotopic (exact) mass is 259 g/mol. The molecule has 14 heavy (non-hydrogen) atoms. The molecule has 0 saturated heterocycles. The lowest BCUT2D eigenvalue weighted by molar-refractivity contribution is 0.534. The van der Waals surface area contributed by atoms with E-state index in [1.54, 1.807) is 0 Å². The van der Waals surface area contributed by atoms with E-state index in [0.717, 1.165) is 16.8 Å². The smallest absolute Gasteiger partial charge is 0.128 e. The SMILES string of the molecule is Cn1c(CCN)nc(Br)c1C(C)(C)C. The fourth-order valence-corrected chi connectivity index (χ4v) is 2.74. The number of imidazole rings is 1. The van der Waals surface area contributed by atoms with E-state index in [9.17, 15) is 0 Å². The molecule has 0 radical (unpaired) electrons. The molecule has 0 aliphatic carbocycles. The molecule has 0 aromatic carbocycles. The summed E-state index contributed by atoms with van der Waals surface area (Å²) >= 11 is 3.50. The van der Waals surface area contributed by atoms with Gasteiger partial charge >= 0.3 is 0 Å². The number of aromatic nitrogens is 2. The third kappa shape index (κ3) is 2.17. The van der Waals surface area contributed by atoms with Crippen molar-refractivity contribution in [3.05, 3.63) is 16.1 Å². The van der Waals surface area contributed by atoms with Gasteiger partial charge in [0.25, 0.3) is 0 Å². The fourth-order valence-electron chi connectivity index (χ4n) is 1.67. The summed E-state index contributed by atoms with van der Waals surface area (Å²) in [5.41, 5.74) is 6.86. The van der Waals surface area contributed by atoms with Crippen molar-refractivity contribution in [3.63, 3.8) is 0 Å². The average Bonchev–Trinajstić information content (AvgIpc) is 2.26. The predicted octanol–water partition coefficient (Wildman–Crippen LogP) is 1.98. The van der Waals surface area contributed by atoms with Crippen molar-refractivity contribution < 1.29 is 0 Å². The van der Waals surface area contributed by atoms with Crippen molar-refractivity contribution >= 4 is 15.9 Å². The van der Waals surface area contributed by atoms with E-state index in [2.05, 4.69) is 46.3 Å². The Morgan fingerprint density at radius 3 is 2.36 bits per heavy atom. The standard InChI is InChI=1S/C10H18BrN3/c1-10(2,3)8-9(11)13-7(5-6-12)14(8)4/h5-6,12H2,1-4H3. The molecule has 80 valence electrons. The number of halogens is 1. The molecule has 1 rings (SSSR count). The Kier molecular flexibility index (Phi) is 3.37. The largest absolute Gasteiger partial charge is 0.334 e. The van der Waals surface area contributed by atoms with Gasteiger partial charge in [-0.2, -0.15) is 0 Å². The Morgan fingerprint density at radius 2 is 2.00 bits per heavy atom. The van der Waals surface area contributed by atoms with E-state index >= 15 is 0 Å². The van der Waals surface area contributed by atoms with Crippen LogP contribution in [0.25, 0.3) is 0 Å². The van der Waals surface area contributed by atoms with Gasteiger partial charge in [-0.15, -0.1) is 0 Å². The quantitative estimate of drug-likeness (QED) is 0.883. The second-order valence-corrected chi connectivity index (χ2v) is 5.27. The maximum Gasteiger partial charge on any atom is 0.128 e. The summed E-state index contributed by atoms with van der Waals surface area (Å²) in [6.45, 7) is 7.18. The molecule has 0 aliphatic heterocycles. The van der Waals surface area contributed by atoms with E-state index in [0.29, 0.717) is 6.54 Å². The van der Waals surface area contributed by atoms with Gasteiger partial charge < -0.3 is 10.3 Å². The Morgan fingerprint density at radius 1 is 1.43 bits per heavy atom. The van der Waals surface area contributed by atoms with Gasteiger partial charge in [-0.3, -0.25) is 0 Å². The highest BCUT2D eigenvalue weighted by molar-refractivity contribution is 9.10. The van der Waals surface area contributed by atoms with Gasteiger partial charge in [-0.25, -0.2) is 4.98 Å². The van der Waals surface area contributed by atoms with Gasteiger partial charge in [0.2, 0.25) is 0 Å². The summed E-state index contributed by atoms with van der Waals surface area (Å²) in [5, 5.41) is 0. The van der Waals surface area contributed by atoms with Crippen LogP contribution in [0.15, 0.2) is 4.60 Å². The summed E-state index contributed by atoms with van der Waals surface area (Å²) in [6.07, 6.45) is 0.825. The second-order valence-electron chi connectivity index (χ2n) is 4.52. The zero-order chi connectivity index (χ0) is 10.9. The summed E-state index contributed by atoms with van der Waals surface area (Å²) < 4.78 is 3.08. The molecule has 0 atom stereocenters. The molecule has 4 heteroatoms. The first kappa shape index (κ1) is 11.7. The van der Waals surface area contributed by atoms with E-state index in [1.165, 1.54) is 5.69 Å². The van der Waals surface area contributed by atoms with Crippen molar-refractivity contribution in [3.8, 4) is 0 Å². The topological polar surface area (TPSA) is 43.8 Å². The van der Waals surface area contributed by atoms with E-state index in [4.69, 9.17) is 5.73 Å². The number of hydrogen-bond acceptors (Lipinski definition) is 2. The molecule has 0 spiro atoms. The molecule has 2 N–H and O–H groups in total. The number of nitrogens with two attached hydrogens (primary N) is 1. The number of hydrogen-bond donors (Lipinski definition) is 1. The Balaban J connectivity index is 3.18. The van der Waals surface area contributed by atoms with Gasteiger partial charge in [-0.1, -0.05) is 20.8 Å². The van der Waals surface area contributed by atoms with Crippen LogP contribution >= 0.6 is 15.9 Å². The van der Waals surface area contributed by atoms with Gasteiger partial charge in [0.05, 0.1) is 5.69 Å². The van der Waals surface area contributed by atoms with E-state index < -0.39 is 0 Å². The first-order valence-corrected chi connectivity index (χ1v) is 5.59. The van der Waals surface area contributed by atoms with E-state index in [-0.39, 0.29) is 5.41 Å². The van der Waals surface area contributed by atoms with Gasteiger partial charge in [0.1, 0.15) is 10.4 Å². The maximum atomic E-state index is 5.53. The van der Waals surface area contributed by atoms with Crippen LogP contribution in [0.4, 0.5) is 0 Å². The molecule has 0 fully saturated rings. The highest BCUT2D eigenvalue weighted by atomic mass is 79.9. The molecule has 3 nitrogen and oxygen atoms in total. The Bertz CT molecular complexity index is 323. The third-order valence-corrected chi connectivity index (χ3v) is 2.78. The predicted molar refractivity (Wildman–Crippen MR) is 62.4 cm³/mol. The zero-order valence-electron chi connectivity index (χ0n) is 9.26. The van der Waals surface area contributed by atoms with Crippen molar-refractivity contribution in [2.75, 3.05) is 6.54 Å². The Hall–Kier alpha value is -0.350. The molecule has 0 unspecified atom stereocenters. The maximum absolute atomic E-state index is 5.53. The van der Waals surface area contributed by atoms with Crippen LogP contribution in [0.1, 0.15) is 32.3 Å². The van der Waals surface area contributed by atoms with Gasteiger partial charge in [0.15, 0.2) is 0 Å².